The second kappa shape index (κ2) is 5.27. The molecule has 0 radical (unpaired) electrons. The van der Waals surface area contributed by atoms with Gasteiger partial charge in [-0.05, 0) is 26.0 Å². The molecule has 1 aromatic rings. The summed E-state index contributed by atoms with van der Waals surface area (Å²) in [5.41, 5.74) is 0.658. The molecule has 1 fully saturated rings. The van der Waals surface area contributed by atoms with Gasteiger partial charge in [0.2, 0.25) is 0 Å². The van der Waals surface area contributed by atoms with E-state index in [9.17, 15) is 0 Å². The first-order valence-corrected chi connectivity index (χ1v) is 5.69. The van der Waals surface area contributed by atoms with Gasteiger partial charge in [0.05, 0.1) is 12.3 Å². The largest absolute Gasteiger partial charge is 0.490 e. The summed E-state index contributed by atoms with van der Waals surface area (Å²) in [5, 5.41) is 8.98. The lowest BCUT2D eigenvalue weighted by atomic mass is 10.1. The molecule has 2 heterocycles. The molecule has 4 heteroatoms. The van der Waals surface area contributed by atoms with E-state index in [0.29, 0.717) is 11.8 Å². The van der Waals surface area contributed by atoms with Crippen LogP contribution in [0.25, 0.3) is 0 Å². The predicted octanol–water partition coefficient (Wildman–Crippen LogP) is 1.05. The van der Waals surface area contributed by atoms with Crippen LogP contribution >= 0.6 is 0 Å². The molecular weight excluding hydrogens is 204 g/mol. The highest BCUT2D eigenvalue weighted by atomic mass is 16.5. The van der Waals surface area contributed by atoms with E-state index in [0.717, 1.165) is 31.7 Å². The molecule has 1 aliphatic rings. The van der Waals surface area contributed by atoms with Gasteiger partial charge in [-0.1, -0.05) is 0 Å². The summed E-state index contributed by atoms with van der Waals surface area (Å²) in [7, 11) is 2.13. The summed E-state index contributed by atoms with van der Waals surface area (Å²) < 4.78 is 5.87. The SMILES string of the molecule is CN1CCC(Oc2ccnc(CO)c2)CC1. The lowest BCUT2D eigenvalue weighted by molar-refractivity contribution is 0.114. The van der Waals surface area contributed by atoms with Gasteiger partial charge in [-0.25, -0.2) is 0 Å². The van der Waals surface area contributed by atoms with Crippen molar-refractivity contribution in [2.45, 2.75) is 25.6 Å². The topological polar surface area (TPSA) is 45.6 Å². The Hall–Kier alpha value is -1.13. The normalized spacial score (nSPS) is 18.6. The molecule has 0 aromatic carbocycles. The molecule has 1 saturated heterocycles. The second-order valence-electron chi connectivity index (χ2n) is 4.26. The monoisotopic (exact) mass is 222 g/mol. The number of pyridine rings is 1. The average molecular weight is 222 g/mol. The Morgan fingerprint density at radius 2 is 2.25 bits per heavy atom. The van der Waals surface area contributed by atoms with Crippen molar-refractivity contribution < 1.29 is 9.84 Å². The second-order valence-corrected chi connectivity index (χ2v) is 4.26. The van der Waals surface area contributed by atoms with E-state index in [-0.39, 0.29) is 6.61 Å². The summed E-state index contributed by atoms with van der Waals surface area (Å²) in [4.78, 5) is 6.34. The first-order valence-electron chi connectivity index (χ1n) is 5.69. The Morgan fingerprint density at radius 3 is 2.94 bits per heavy atom. The summed E-state index contributed by atoms with van der Waals surface area (Å²) >= 11 is 0. The molecule has 1 aromatic heterocycles. The molecule has 1 aliphatic heterocycles. The maximum absolute atomic E-state index is 8.98. The fraction of sp³-hybridized carbons (Fsp3) is 0.583. The van der Waals surface area contributed by atoms with Crippen molar-refractivity contribution >= 4 is 0 Å². The Balaban J connectivity index is 1.93. The molecule has 16 heavy (non-hydrogen) atoms. The van der Waals surface area contributed by atoms with Crippen LogP contribution in [0.2, 0.25) is 0 Å². The molecule has 0 amide bonds. The maximum atomic E-state index is 8.98. The van der Waals surface area contributed by atoms with E-state index < -0.39 is 0 Å². The zero-order chi connectivity index (χ0) is 11.4. The van der Waals surface area contributed by atoms with E-state index in [1.54, 1.807) is 12.3 Å². The van der Waals surface area contributed by atoms with Gasteiger partial charge in [0.25, 0.3) is 0 Å². The lowest BCUT2D eigenvalue weighted by Gasteiger charge is -2.29. The van der Waals surface area contributed by atoms with Crippen molar-refractivity contribution in [2.75, 3.05) is 20.1 Å². The minimum absolute atomic E-state index is 0.0371. The highest BCUT2D eigenvalue weighted by molar-refractivity contribution is 5.22. The first-order chi connectivity index (χ1) is 7.78. The van der Waals surface area contributed by atoms with Gasteiger partial charge in [0.15, 0.2) is 0 Å². The number of aromatic nitrogens is 1. The van der Waals surface area contributed by atoms with Gasteiger partial charge in [-0.15, -0.1) is 0 Å². The molecule has 1 N–H and O–H groups in total. The molecule has 88 valence electrons. The Bertz CT molecular complexity index is 336. The smallest absolute Gasteiger partial charge is 0.123 e. The third-order valence-corrected chi connectivity index (χ3v) is 2.92. The van der Waals surface area contributed by atoms with Crippen molar-refractivity contribution in [1.82, 2.24) is 9.88 Å². The molecule has 0 saturated carbocycles. The number of aliphatic hydroxyl groups excluding tert-OH is 1. The minimum Gasteiger partial charge on any atom is -0.490 e. The van der Waals surface area contributed by atoms with Crippen LogP contribution in [0.4, 0.5) is 0 Å². The van der Waals surface area contributed by atoms with Crippen LogP contribution < -0.4 is 4.74 Å². The number of aliphatic hydroxyl groups is 1. The first kappa shape index (κ1) is 11.4. The molecule has 0 bridgehead atoms. The van der Waals surface area contributed by atoms with Crippen molar-refractivity contribution in [3.8, 4) is 5.75 Å². The van der Waals surface area contributed by atoms with E-state index in [1.807, 2.05) is 6.07 Å². The van der Waals surface area contributed by atoms with Crippen LogP contribution in [0.5, 0.6) is 5.75 Å². The van der Waals surface area contributed by atoms with Crippen LogP contribution in [-0.2, 0) is 6.61 Å². The van der Waals surface area contributed by atoms with E-state index in [2.05, 4.69) is 16.9 Å². The van der Waals surface area contributed by atoms with Crippen LogP contribution in [0.3, 0.4) is 0 Å². The number of hydrogen-bond acceptors (Lipinski definition) is 4. The minimum atomic E-state index is -0.0371. The third kappa shape index (κ3) is 2.93. The van der Waals surface area contributed by atoms with Crippen LogP contribution in [0, 0.1) is 0 Å². The zero-order valence-corrected chi connectivity index (χ0v) is 9.59. The Labute approximate surface area is 95.9 Å². The Morgan fingerprint density at radius 1 is 1.50 bits per heavy atom. The van der Waals surface area contributed by atoms with Crippen LogP contribution in [-0.4, -0.2) is 41.2 Å². The number of rotatable bonds is 3. The van der Waals surface area contributed by atoms with Gasteiger partial charge in [0, 0.05) is 25.4 Å². The zero-order valence-electron chi connectivity index (χ0n) is 9.59. The van der Waals surface area contributed by atoms with Crippen molar-refractivity contribution in [3.05, 3.63) is 24.0 Å². The lowest BCUT2D eigenvalue weighted by Crippen LogP contribution is -2.35. The van der Waals surface area contributed by atoms with Crippen molar-refractivity contribution in [3.63, 3.8) is 0 Å². The van der Waals surface area contributed by atoms with Gasteiger partial charge >= 0.3 is 0 Å². The fourth-order valence-electron chi connectivity index (χ4n) is 1.91. The number of hydrogen-bond donors (Lipinski definition) is 1. The number of piperidine rings is 1. The molecule has 0 spiro atoms. The molecule has 0 unspecified atom stereocenters. The van der Waals surface area contributed by atoms with Crippen LogP contribution in [0.1, 0.15) is 18.5 Å². The maximum Gasteiger partial charge on any atom is 0.123 e. The standard InChI is InChI=1S/C12H18N2O2/c1-14-6-3-11(4-7-14)16-12-2-5-13-10(8-12)9-15/h2,5,8,11,15H,3-4,6-7,9H2,1H3. The van der Waals surface area contributed by atoms with E-state index in [4.69, 9.17) is 9.84 Å². The van der Waals surface area contributed by atoms with Gasteiger partial charge in [-0.3, -0.25) is 4.98 Å². The van der Waals surface area contributed by atoms with Crippen molar-refractivity contribution in [2.24, 2.45) is 0 Å². The Kier molecular flexibility index (Phi) is 3.74. The molecule has 0 aliphatic carbocycles. The predicted molar refractivity (Wildman–Crippen MR) is 61.3 cm³/mol. The summed E-state index contributed by atoms with van der Waals surface area (Å²) in [5.74, 6) is 0.814. The molecule has 4 nitrogen and oxygen atoms in total. The summed E-state index contributed by atoms with van der Waals surface area (Å²) in [6.07, 6.45) is 4.10. The third-order valence-electron chi connectivity index (χ3n) is 2.92. The highest BCUT2D eigenvalue weighted by Gasteiger charge is 2.17. The van der Waals surface area contributed by atoms with Gasteiger partial charge in [0.1, 0.15) is 11.9 Å². The highest BCUT2D eigenvalue weighted by Crippen LogP contribution is 2.18. The summed E-state index contributed by atoms with van der Waals surface area (Å²) in [6.45, 7) is 2.13. The van der Waals surface area contributed by atoms with Crippen molar-refractivity contribution in [1.29, 1.82) is 0 Å². The number of ether oxygens (including phenoxy) is 1. The van der Waals surface area contributed by atoms with Crippen LogP contribution in [0.15, 0.2) is 18.3 Å². The summed E-state index contributed by atoms with van der Waals surface area (Å²) in [6, 6.07) is 3.65. The van der Waals surface area contributed by atoms with Gasteiger partial charge in [-0.2, -0.15) is 0 Å². The van der Waals surface area contributed by atoms with Gasteiger partial charge < -0.3 is 14.7 Å². The number of likely N-dealkylation sites (tertiary alicyclic amines) is 1. The number of nitrogens with zero attached hydrogens (tertiary/aromatic N) is 2. The quantitative estimate of drug-likeness (QED) is 0.830. The average Bonchev–Trinajstić information content (AvgIpc) is 2.32. The molecular formula is C12H18N2O2. The van der Waals surface area contributed by atoms with E-state index in [1.165, 1.54) is 0 Å². The fourth-order valence-corrected chi connectivity index (χ4v) is 1.91. The van der Waals surface area contributed by atoms with E-state index >= 15 is 0 Å². The molecule has 0 atom stereocenters. The molecule has 2 rings (SSSR count).